The number of ketones is 1. The molecule has 34 heavy (non-hydrogen) atoms. The topological polar surface area (TPSA) is 101 Å². The van der Waals surface area contributed by atoms with Crippen LogP contribution in [0.25, 0.3) is 11.0 Å². The predicted molar refractivity (Wildman–Crippen MR) is 131 cm³/mol. The normalized spacial score (nSPS) is 10.8. The summed E-state index contributed by atoms with van der Waals surface area (Å²) in [4.78, 5) is 44.8. The highest BCUT2D eigenvalue weighted by atomic mass is 35.5. The maximum absolute atomic E-state index is 12.6. The molecule has 4 rings (SSSR count). The molecule has 4 aromatic rings. The molecule has 0 atom stereocenters. The van der Waals surface area contributed by atoms with E-state index < -0.39 is 5.56 Å². The number of nitrogens with one attached hydrogen (secondary N) is 2. The second-order valence-electron chi connectivity index (χ2n) is 7.71. The van der Waals surface area contributed by atoms with Gasteiger partial charge in [0.15, 0.2) is 5.78 Å². The molecule has 2 N–H and O–H groups in total. The number of carbonyl (C=O) groups excluding carboxylic acids is 2. The number of fused-ring (bicyclic) bond motifs is 1. The number of aromatic nitrogens is 2. The number of carbonyl (C=O) groups is 2. The number of rotatable bonds is 8. The lowest BCUT2D eigenvalue weighted by atomic mass is 10.1. The highest BCUT2D eigenvalue weighted by Gasteiger charge is 2.14. The van der Waals surface area contributed by atoms with E-state index in [1.807, 2.05) is 24.3 Å². The zero-order chi connectivity index (χ0) is 24.1. The molecule has 0 saturated heterocycles. The summed E-state index contributed by atoms with van der Waals surface area (Å²) in [5.41, 5.74) is 2.46. The molecule has 8 heteroatoms. The van der Waals surface area contributed by atoms with Crippen molar-refractivity contribution in [3.8, 4) is 5.75 Å². The third kappa shape index (κ3) is 5.50. The lowest BCUT2D eigenvalue weighted by Crippen LogP contribution is -2.26. The first-order chi connectivity index (χ1) is 16.4. The Morgan fingerprint density at radius 2 is 1.82 bits per heavy atom. The van der Waals surface area contributed by atoms with E-state index in [1.54, 1.807) is 42.5 Å². The summed E-state index contributed by atoms with van der Waals surface area (Å²) in [5, 5.41) is 3.53. The number of hydrogen-bond acceptors (Lipinski definition) is 5. The zero-order valence-corrected chi connectivity index (χ0v) is 19.2. The summed E-state index contributed by atoms with van der Waals surface area (Å²) >= 11 is 5.89. The maximum Gasteiger partial charge on any atom is 0.270 e. The van der Waals surface area contributed by atoms with E-state index in [9.17, 15) is 14.4 Å². The number of methoxy groups -OCH3 is 1. The summed E-state index contributed by atoms with van der Waals surface area (Å²) in [6.07, 6.45) is 0.519. The van der Waals surface area contributed by atoms with Gasteiger partial charge in [-0.05, 0) is 54.4 Å². The number of H-pyrrole nitrogens is 1. The van der Waals surface area contributed by atoms with Gasteiger partial charge in [-0.15, -0.1) is 0 Å². The summed E-state index contributed by atoms with van der Waals surface area (Å²) in [5.74, 6) is 0.0622. The van der Waals surface area contributed by atoms with E-state index in [0.29, 0.717) is 45.9 Å². The molecule has 7 nitrogen and oxygen atoms in total. The zero-order valence-electron chi connectivity index (χ0n) is 18.4. The molecular formula is C26H22ClN3O4. The fraction of sp³-hybridized carbons (Fsp3) is 0.154. The standard InChI is InChI=1S/C26H22ClN3O4/c1-34-20-4-2-3-17(13-20)24(31)15-23-26(33)30-22-14-18(7-10-21(22)29-23)25(32)28-12-11-16-5-8-19(27)9-6-16/h2-10,13-14H,11-12,15H2,1H3,(H,28,32)(H,30,33). The summed E-state index contributed by atoms with van der Waals surface area (Å²) in [6, 6.07) is 19.1. The van der Waals surface area contributed by atoms with Crippen LogP contribution in [0.3, 0.4) is 0 Å². The van der Waals surface area contributed by atoms with Gasteiger partial charge in [0.1, 0.15) is 11.4 Å². The van der Waals surface area contributed by atoms with Crippen molar-refractivity contribution in [2.24, 2.45) is 0 Å². The number of nitrogens with zero attached hydrogens (tertiary/aromatic N) is 1. The molecular weight excluding hydrogens is 454 g/mol. The second kappa shape index (κ2) is 10.3. The maximum atomic E-state index is 12.6. The minimum atomic E-state index is -0.468. The first-order valence-electron chi connectivity index (χ1n) is 10.7. The third-order valence-corrected chi connectivity index (χ3v) is 5.61. The van der Waals surface area contributed by atoms with Gasteiger partial charge in [-0.2, -0.15) is 0 Å². The van der Waals surface area contributed by atoms with Gasteiger partial charge in [-0.3, -0.25) is 14.4 Å². The molecule has 0 aliphatic carbocycles. The van der Waals surface area contributed by atoms with Gasteiger partial charge in [0.25, 0.3) is 11.5 Å². The number of aromatic amines is 1. The van der Waals surface area contributed by atoms with Crippen LogP contribution < -0.4 is 15.6 Å². The number of benzene rings is 3. The molecule has 0 saturated carbocycles. The van der Waals surface area contributed by atoms with Gasteiger partial charge in [-0.25, -0.2) is 4.98 Å². The summed E-state index contributed by atoms with van der Waals surface area (Å²) < 4.78 is 5.15. The van der Waals surface area contributed by atoms with E-state index >= 15 is 0 Å². The Hall–Kier alpha value is -3.97. The van der Waals surface area contributed by atoms with E-state index in [-0.39, 0.29) is 23.8 Å². The molecule has 172 valence electrons. The largest absolute Gasteiger partial charge is 0.497 e. The molecule has 0 unspecified atom stereocenters. The smallest absolute Gasteiger partial charge is 0.270 e. The van der Waals surface area contributed by atoms with Crippen molar-refractivity contribution in [1.29, 1.82) is 0 Å². The van der Waals surface area contributed by atoms with E-state index in [1.165, 1.54) is 7.11 Å². The van der Waals surface area contributed by atoms with Gasteiger partial charge < -0.3 is 15.0 Å². The minimum Gasteiger partial charge on any atom is -0.497 e. The molecule has 1 amide bonds. The van der Waals surface area contributed by atoms with Gasteiger partial charge in [0, 0.05) is 22.7 Å². The summed E-state index contributed by atoms with van der Waals surface area (Å²) in [6.45, 7) is 0.457. The Bertz CT molecular complexity index is 1410. The van der Waals surface area contributed by atoms with Crippen LogP contribution in [0.4, 0.5) is 0 Å². The molecule has 0 bridgehead atoms. The van der Waals surface area contributed by atoms with Crippen molar-refractivity contribution in [2.45, 2.75) is 12.8 Å². The van der Waals surface area contributed by atoms with Crippen LogP contribution in [0.1, 0.15) is 32.0 Å². The van der Waals surface area contributed by atoms with Crippen LogP contribution in [0.15, 0.2) is 71.5 Å². The second-order valence-corrected chi connectivity index (χ2v) is 8.15. The van der Waals surface area contributed by atoms with Gasteiger partial charge in [0.05, 0.1) is 24.6 Å². The van der Waals surface area contributed by atoms with Crippen molar-refractivity contribution in [1.82, 2.24) is 15.3 Å². The average molecular weight is 476 g/mol. The minimum absolute atomic E-state index is 0.112. The Balaban J connectivity index is 1.45. The molecule has 0 aliphatic heterocycles. The molecule has 3 aromatic carbocycles. The van der Waals surface area contributed by atoms with E-state index in [0.717, 1.165) is 5.56 Å². The Labute approximate surface area is 200 Å². The van der Waals surface area contributed by atoms with Crippen LogP contribution in [-0.2, 0) is 12.8 Å². The van der Waals surface area contributed by atoms with Crippen molar-refractivity contribution >= 4 is 34.3 Å². The van der Waals surface area contributed by atoms with Crippen LogP contribution >= 0.6 is 11.6 Å². The molecule has 0 fully saturated rings. The fourth-order valence-electron chi connectivity index (χ4n) is 3.51. The Kier molecular flexibility index (Phi) is 7.04. The number of amides is 1. The lowest BCUT2D eigenvalue weighted by Gasteiger charge is -2.08. The first-order valence-corrected chi connectivity index (χ1v) is 11.0. The quantitative estimate of drug-likeness (QED) is 0.375. The van der Waals surface area contributed by atoms with E-state index in [4.69, 9.17) is 16.3 Å². The van der Waals surface area contributed by atoms with E-state index in [2.05, 4.69) is 15.3 Å². The number of hydrogen-bond donors (Lipinski definition) is 2. The lowest BCUT2D eigenvalue weighted by molar-refractivity contribution is 0.0952. The molecule has 1 aromatic heterocycles. The monoisotopic (exact) mass is 475 g/mol. The van der Waals surface area contributed by atoms with Crippen molar-refractivity contribution in [3.05, 3.63) is 104 Å². The third-order valence-electron chi connectivity index (χ3n) is 5.36. The molecule has 0 radical (unpaired) electrons. The van der Waals surface area contributed by atoms with Crippen LogP contribution in [0.2, 0.25) is 5.02 Å². The first kappa shape index (κ1) is 23.2. The van der Waals surface area contributed by atoms with Crippen LogP contribution in [0.5, 0.6) is 5.75 Å². The fourth-order valence-corrected chi connectivity index (χ4v) is 3.64. The molecule has 0 aliphatic rings. The predicted octanol–water partition coefficient (Wildman–Crippen LogP) is 3.98. The number of ether oxygens (including phenoxy) is 1. The number of Topliss-reactive ketones (excluding diaryl/α,β-unsaturated/α-hetero) is 1. The Morgan fingerprint density at radius 1 is 1.03 bits per heavy atom. The van der Waals surface area contributed by atoms with Crippen LogP contribution in [-0.4, -0.2) is 35.3 Å². The van der Waals surface area contributed by atoms with Gasteiger partial charge in [-0.1, -0.05) is 35.9 Å². The SMILES string of the molecule is COc1cccc(C(=O)Cc2nc3ccc(C(=O)NCCc4ccc(Cl)cc4)cc3[nH]c2=O)c1. The molecule has 1 heterocycles. The van der Waals surface area contributed by atoms with Gasteiger partial charge >= 0.3 is 0 Å². The average Bonchev–Trinajstić information content (AvgIpc) is 2.85. The van der Waals surface area contributed by atoms with Crippen LogP contribution in [0, 0.1) is 0 Å². The van der Waals surface area contributed by atoms with Crippen molar-refractivity contribution < 1.29 is 14.3 Å². The highest BCUT2D eigenvalue weighted by Crippen LogP contribution is 2.16. The Morgan fingerprint density at radius 3 is 2.59 bits per heavy atom. The number of halogens is 1. The molecule has 0 spiro atoms. The summed E-state index contributed by atoms with van der Waals surface area (Å²) in [7, 11) is 1.52. The van der Waals surface area contributed by atoms with Crippen molar-refractivity contribution in [3.63, 3.8) is 0 Å². The highest BCUT2D eigenvalue weighted by molar-refractivity contribution is 6.30. The van der Waals surface area contributed by atoms with Crippen molar-refractivity contribution in [2.75, 3.05) is 13.7 Å². The van der Waals surface area contributed by atoms with Gasteiger partial charge in [0.2, 0.25) is 0 Å².